The summed E-state index contributed by atoms with van der Waals surface area (Å²) in [5.74, 6) is -7.55. The Hall–Kier alpha value is -4.42. The molecule has 10 aliphatic heterocycles. The third-order valence-electron chi connectivity index (χ3n) is 16.9. The Balaban J connectivity index is -0.00000143. The minimum atomic E-state index is -1.48. The number of hydrogen-bond donors (Lipinski definition) is 4. The van der Waals surface area contributed by atoms with Crippen LogP contribution in [0.15, 0.2) is 0 Å². The van der Waals surface area contributed by atoms with Crippen LogP contribution in [0, 0.1) is 16.2 Å². The van der Waals surface area contributed by atoms with Crippen molar-refractivity contribution in [2.75, 3.05) is 144 Å². The van der Waals surface area contributed by atoms with E-state index in [0.717, 1.165) is 0 Å². The lowest BCUT2D eigenvalue weighted by Gasteiger charge is -2.32. The van der Waals surface area contributed by atoms with Crippen LogP contribution in [0.4, 0.5) is 9.59 Å². The van der Waals surface area contributed by atoms with Gasteiger partial charge in [-0.1, -0.05) is 103 Å². The molecule has 0 aromatic carbocycles. The van der Waals surface area contributed by atoms with Gasteiger partial charge in [0.2, 0.25) is 18.9 Å². The Bertz CT molecular complexity index is 2770. The lowest BCUT2D eigenvalue weighted by Crippen LogP contribution is -2.46. The first-order chi connectivity index (χ1) is 53.3. The number of carbonyl (C=O) groups is 6. The molecule has 10 rings (SSSR count). The number of amides is 1. The van der Waals surface area contributed by atoms with E-state index in [1.54, 1.807) is 83.1 Å². The fourth-order valence-corrected chi connectivity index (χ4v) is 11.0. The fourth-order valence-electron chi connectivity index (χ4n) is 11.0. The van der Waals surface area contributed by atoms with Gasteiger partial charge in [0, 0.05) is 20.5 Å². The summed E-state index contributed by atoms with van der Waals surface area (Å²) in [4.78, 5) is 78.0. The van der Waals surface area contributed by atoms with Crippen LogP contribution in [0.5, 0.6) is 0 Å². The molecule has 0 radical (unpaired) electrons. The number of unbranched alkanes of at least 4 members (excludes halogenated alkanes) is 2. The number of esters is 4. The van der Waals surface area contributed by atoms with Crippen LogP contribution in [-0.4, -0.2) is 332 Å². The molecule has 4 N–H and O–H groups in total. The Morgan fingerprint density at radius 2 is 0.684 bits per heavy atom. The van der Waals surface area contributed by atoms with E-state index in [2.05, 4.69) is 38.3 Å². The largest absolute Gasteiger partial charge is 0.508 e. The summed E-state index contributed by atoms with van der Waals surface area (Å²) in [5, 5.41) is 25.0. The van der Waals surface area contributed by atoms with Crippen LogP contribution >= 0.6 is 0 Å². The van der Waals surface area contributed by atoms with Crippen LogP contribution < -0.4 is 10.6 Å². The molecule has 10 aliphatic rings. The van der Waals surface area contributed by atoms with Gasteiger partial charge in [0.15, 0.2) is 53.0 Å². The molecule has 1 amide bonds. The normalized spacial score (nSPS) is 29.8. The second-order valence-corrected chi connectivity index (χ2v) is 32.9. The third kappa shape index (κ3) is 38.5. The molecular formula is C82H163N5O30. The van der Waals surface area contributed by atoms with Crippen molar-refractivity contribution in [2.24, 2.45) is 16.2 Å². The number of nitrogens with zero attached hydrogens (tertiary/aromatic N) is 3. The highest BCUT2D eigenvalue weighted by atomic mass is 16.9. The first-order valence-corrected chi connectivity index (χ1v) is 40.3. The number of aliphatic hydroxyl groups is 2. The Morgan fingerprint density at radius 3 is 0.915 bits per heavy atom. The molecule has 17 atom stereocenters. The number of nitrogens with one attached hydrogen (secondary N) is 2. The maximum atomic E-state index is 12.9. The molecule has 0 aromatic rings. The number of carbonyl (C=O) groups excluding carboxylic acids is 6. The van der Waals surface area contributed by atoms with Gasteiger partial charge in [-0.3, -0.25) is 19.2 Å². The molecular weight excluding hydrogens is 1530 g/mol. The molecule has 0 spiro atoms. The van der Waals surface area contributed by atoms with Crippen molar-refractivity contribution in [3.05, 3.63) is 0 Å². The van der Waals surface area contributed by atoms with Gasteiger partial charge >= 0.3 is 36.1 Å². The van der Waals surface area contributed by atoms with Gasteiger partial charge in [0.05, 0.1) is 33.0 Å². The SMILES string of the molecule is C.C.CC.CC.CC1(C)OCC([C@H]2OC(OC(=O)C3(C)COC(=O)OC3)[C@H]3OC(C)(C)O[C@@H]23)O1.CCC(=O)OCC(C)(CO)C(=O)OC1O[C@H](C2COC(C)(C)O2)[C@@H]2OC(C)(C)O[C@H]12.CCCC.CCCC.CN(C)C.CN(C)C.CN(C)C(=O)OCC(C)(CO)C(=O)OC1O[C@H](C2COC(C)(C)O2)[C@@H]2OC(C)(C)O[C@H]12.CNC.CNC. The predicted molar refractivity (Wildman–Crippen MR) is 439 cm³/mol. The van der Waals surface area contributed by atoms with Crippen molar-refractivity contribution >= 4 is 36.1 Å². The van der Waals surface area contributed by atoms with Crippen molar-refractivity contribution in [1.29, 1.82) is 0 Å². The van der Waals surface area contributed by atoms with Gasteiger partial charge in [-0.25, -0.2) is 9.59 Å². The number of aliphatic hydroxyl groups excluding tert-OH is 2. The number of fused-ring (bicyclic) bond motifs is 3. The first-order valence-electron chi connectivity index (χ1n) is 40.3. The fraction of sp³-hybridized carbons (Fsp3) is 0.927. The van der Waals surface area contributed by atoms with Crippen molar-refractivity contribution in [3.63, 3.8) is 0 Å². The van der Waals surface area contributed by atoms with E-state index in [1.165, 1.54) is 58.5 Å². The smallest absolute Gasteiger partial charge is 0.464 e. The lowest BCUT2D eigenvalue weighted by atomic mass is 9.92. The molecule has 0 aliphatic carbocycles. The average Bonchev–Trinajstić information content (AvgIpc) is 1.61. The van der Waals surface area contributed by atoms with E-state index in [0.29, 0.717) is 19.8 Å². The minimum Gasteiger partial charge on any atom is -0.464 e. The Morgan fingerprint density at radius 1 is 0.427 bits per heavy atom. The molecule has 0 saturated carbocycles. The van der Waals surface area contributed by atoms with E-state index >= 15 is 0 Å². The maximum absolute atomic E-state index is 12.9. The minimum absolute atomic E-state index is 0. The molecule has 10 saturated heterocycles. The second kappa shape index (κ2) is 53.6. The standard InChI is InChI=1S/C20H33NO10.C20H32O10.C18H26O10.2C4H10.2C3H9N.2C2H7N.2C2H6.2CH4/c1-18(2)26-8-11(29-18)12-13-14(31-19(3,4)30-13)15(27-12)28-16(23)20(5,9-22)10-25-17(24)21(6)7;1-7-12(22)24-10-20(6,9-21)17(23)27-16-15-14(29-19(4,5)30-15)13(26-16)11-8-25-18(2,3)28-11;1-16(2)23-6-9(26-16)10-11-12(28-17(3,4)27-11)13(24-10)25-14(19)18(5)7-21-15(20)22-8-18;2*1-3-4-2;2*1-4(2)3;2*1-3-2;2*1-2;;/h11-15,22H,8-10H2,1-7H3;11,13-16,21H,7-10H2,1-6H3;9-13H,6-8H2,1-5H3;2*3-4H2,1-2H3;2*1-3H3;2*3H,1-2H3;2*1-2H3;2*1H4/t11?,12-,13+,14+,15?,20?;11?,13-,14+,15+,16?,20?;9?,10-,11+,12+,13?;;;;;;;;;;/m111........../s1. The highest BCUT2D eigenvalue weighted by Crippen LogP contribution is 2.47. The molecule has 35 heteroatoms. The van der Waals surface area contributed by atoms with Gasteiger partial charge < -0.3 is 140 Å². The van der Waals surface area contributed by atoms with Crippen LogP contribution in [0.3, 0.4) is 0 Å². The lowest BCUT2D eigenvalue weighted by molar-refractivity contribution is -0.249. The van der Waals surface area contributed by atoms with Crippen LogP contribution in [-0.2, 0) is 123 Å². The molecule has 10 fully saturated rings. The maximum Gasteiger partial charge on any atom is 0.508 e. The average molecular weight is 1700 g/mol. The molecule has 0 aromatic heterocycles. The van der Waals surface area contributed by atoms with Crippen LogP contribution in [0.1, 0.15) is 213 Å². The summed E-state index contributed by atoms with van der Waals surface area (Å²) in [5.41, 5.74) is -4.05. The van der Waals surface area contributed by atoms with Gasteiger partial charge in [0.1, 0.15) is 97.6 Å². The van der Waals surface area contributed by atoms with Crippen LogP contribution in [0.25, 0.3) is 0 Å². The van der Waals surface area contributed by atoms with Gasteiger partial charge in [-0.05, 0) is 174 Å². The van der Waals surface area contributed by atoms with Crippen molar-refractivity contribution in [1.82, 2.24) is 25.3 Å². The second-order valence-electron chi connectivity index (χ2n) is 32.9. The zero-order valence-electron chi connectivity index (χ0n) is 76.7. The molecule has 696 valence electrons. The quantitative estimate of drug-likeness (QED) is 0.0732. The molecule has 8 unspecified atom stereocenters. The number of hydrogen-bond acceptors (Lipinski definition) is 34. The highest BCUT2D eigenvalue weighted by Gasteiger charge is 2.64. The molecule has 0 bridgehead atoms. The first kappa shape index (κ1) is 117. The molecule has 10 heterocycles. The predicted octanol–water partition coefficient (Wildman–Crippen LogP) is 9.56. The van der Waals surface area contributed by atoms with Gasteiger partial charge in [-0.15, -0.1) is 0 Å². The van der Waals surface area contributed by atoms with E-state index < -0.39 is 192 Å². The summed E-state index contributed by atoms with van der Waals surface area (Å²) >= 11 is 0. The molecule has 35 nitrogen and oxygen atoms in total. The van der Waals surface area contributed by atoms with Crippen molar-refractivity contribution in [2.45, 2.75) is 340 Å². The summed E-state index contributed by atoms with van der Waals surface area (Å²) in [6, 6.07) is 0. The highest BCUT2D eigenvalue weighted by molar-refractivity contribution is 5.79. The van der Waals surface area contributed by atoms with Gasteiger partial charge in [-0.2, -0.15) is 0 Å². The van der Waals surface area contributed by atoms with Gasteiger partial charge in [0.25, 0.3) is 0 Å². The number of cyclic esters (lactones) is 2. The summed E-state index contributed by atoms with van der Waals surface area (Å²) in [6.45, 7) is 43.1. The zero-order valence-corrected chi connectivity index (χ0v) is 76.7. The Labute approximate surface area is 702 Å². The van der Waals surface area contributed by atoms with Crippen molar-refractivity contribution < 1.29 is 143 Å². The molecule has 117 heavy (non-hydrogen) atoms. The topological polar surface area (TPSA) is 380 Å². The Kier molecular flexibility index (Phi) is 53.5. The van der Waals surface area contributed by atoms with E-state index in [-0.39, 0.29) is 47.7 Å². The third-order valence-corrected chi connectivity index (χ3v) is 16.9. The van der Waals surface area contributed by atoms with E-state index in [1.807, 2.05) is 122 Å². The summed E-state index contributed by atoms with van der Waals surface area (Å²) < 4.78 is 125. The van der Waals surface area contributed by atoms with E-state index in [9.17, 15) is 39.0 Å². The number of ether oxygens (including phenoxy) is 22. The number of rotatable bonds is 18. The monoisotopic (exact) mass is 1700 g/mol. The van der Waals surface area contributed by atoms with Crippen molar-refractivity contribution in [3.8, 4) is 0 Å². The summed E-state index contributed by atoms with van der Waals surface area (Å²) in [6.07, 6.45) is -5.65. The zero-order chi connectivity index (χ0) is 89.2. The summed E-state index contributed by atoms with van der Waals surface area (Å²) in [7, 11) is 22.5. The van der Waals surface area contributed by atoms with Crippen LogP contribution in [0.2, 0.25) is 0 Å². The van der Waals surface area contributed by atoms with E-state index in [4.69, 9.17) is 104 Å².